The molecule has 1 aliphatic rings. The molecule has 1 heterocycles. The maximum Gasteiger partial charge on any atom is 0.0196 e. The molecule has 0 amide bonds. The first-order valence-corrected chi connectivity index (χ1v) is 5.74. The Morgan fingerprint density at radius 3 is 2.64 bits per heavy atom. The van der Waals surface area contributed by atoms with Gasteiger partial charge in [0.25, 0.3) is 0 Å². The predicted molar refractivity (Wildman–Crippen MR) is 53.2 cm³/mol. The Labute approximate surface area is 74.5 Å². The minimum Gasteiger partial charge on any atom is -0.297 e. The second-order valence-electron chi connectivity index (χ2n) is 3.44. The lowest BCUT2D eigenvalue weighted by Gasteiger charge is -2.30. The van der Waals surface area contributed by atoms with E-state index >= 15 is 0 Å². The highest BCUT2D eigenvalue weighted by molar-refractivity contribution is 7.99. The molecule has 1 aliphatic heterocycles. The van der Waals surface area contributed by atoms with Gasteiger partial charge in [0.15, 0.2) is 0 Å². The van der Waals surface area contributed by atoms with Crippen LogP contribution in [0.5, 0.6) is 0 Å². The van der Waals surface area contributed by atoms with E-state index < -0.39 is 0 Å². The summed E-state index contributed by atoms with van der Waals surface area (Å²) in [7, 11) is 0. The second kappa shape index (κ2) is 4.36. The van der Waals surface area contributed by atoms with Crippen molar-refractivity contribution in [3.8, 4) is 0 Å². The van der Waals surface area contributed by atoms with Crippen molar-refractivity contribution in [3.63, 3.8) is 0 Å². The average Bonchev–Trinajstić information content (AvgIpc) is 2.40. The second-order valence-corrected chi connectivity index (χ2v) is 4.59. The standard InChI is InChI=1S/C9H19NS/c1-4-10(8(2)3)9-5-6-11-7-9/h8-9H,4-7H2,1-3H3. The van der Waals surface area contributed by atoms with Crippen LogP contribution in [-0.2, 0) is 0 Å². The van der Waals surface area contributed by atoms with E-state index in [1.54, 1.807) is 0 Å². The van der Waals surface area contributed by atoms with Crippen molar-refractivity contribution in [2.75, 3.05) is 18.1 Å². The van der Waals surface area contributed by atoms with Gasteiger partial charge in [0.1, 0.15) is 0 Å². The Morgan fingerprint density at radius 1 is 1.55 bits per heavy atom. The molecule has 0 N–H and O–H groups in total. The SMILES string of the molecule is CCN(C(C)C)C1CCSC1. The first-order valence-electron chi connectivity index (χ1n) is 4.59. The van der Waals surface area contributed by atoms with Crippen molar-refractivity contribution in [1.82, 2.24) is 4.90 Å². The monoisotopic (exact) mass is 173 g/mol. The Morgan fingerprint density at radius 2 is 2.27 bits per heavy atom. The maximum atomic E-state index is 2.61. The van der Waals surface area contributed by atoms with E-state index in [1.807, 2.05) is 0 Å². The number of rotatable bonds is 3. The molecule has 1 rings (SSSR count). The lowest BCUT2D eigenvalue weighted by molar-refractivity contribution is 0.177. The minimum atomic E-state index is 0.726. The summed E-state index contributed by atoms with van der Waals surface area (Å²) in [6.45, 7) is 8.07. The van der Waals surface area contributed by atoms with Gasteiger partial charge in [-0.25, -0.2) is 0 Å². The van der Waals surface area contributed by atoms with Crippen LogP contribution in [-0.4, -0.2) is 35.0 Å². The lowest BCUT2D eigenvalue weighted by Crippen LogP contribution is -2.40. The molecule has 1 saturated heterocycles. The zero-order valence-corrected chi connectivity index (χ0v) is 8.66. The van der Waals surface area contributed by atoms with Crippen LogP contribution in [0, 0.1) is 0 Å². The van der Waals surface area contributed by atoms with Crippen molar-refractivity contribution < 1.29 is 0 Å². The Hall–Kier alpha value is 0.310. The van der Waals surface area contributed by atoms with Gasteiger partial charge in [-0.1, -0.05) is 6.92 Å². The van der Waals surface area contributed by atoms with Gasteiger partial charge in [0.05, 0.1) is 0 Å². The third-order valence-corrected chi connectivity index (χ3v) is 3.55. The third kappa shape index (κ3) is 2.38. The highest BCUT2D eigenvalue weighted by atomic mass is 32.2. The van der Waals surface area contributed by atoms with Gasteiger partial charge in [-0.15, -0.1) is 0 Å². The first-order chi connectivity index (χ1) is 5.25. The smallest absolute Gasteiger partial charge is 0.0196 e. The van der Waals surface area contributed by atoms with Crippen LogP contribution in [0.15, 0.2) is 0 Å². The van der Waals surface area contributed by atoms with Gasteiger partial charge in [-0.2, -0.15) is 11.8 Å². The number of thioether (sulfide) groups is 1. The van der Waals surface area contributed by atoms with Crippen molar-refractivity contribution in [2.45, 2.75) is 39.3 Å². The quantitative estimate of drug-likeness (QED) is 0.644. The molecule has 1 nitrogen and oxygen atoms in total. The highest BCUT2D eigenvalue weighted by Crippen LogP contribution is 2.23. The fraction of sp³-hybridized carbons (Fsp3) is 1.00. The molecule has 1 atom stereocenters. The molecule has 2 heteroatoms. The van der Waals surface area contributed by atoms with Gasteiger partial charge in [0.2, 0.25) is 0 Å². The topological polar surface area (TPSA) is 3.24 Å². The Kier molecular flexibility index (Phi) is 3.73. The Balaban J connectivity index is 2.40. The van der Waals surface area contributed by atoms with Gasteiger partial charge < -0.3 is 0 Å². The lowest BCUT2D eigenvalue weighted by atomic mass is 10.2. The molecule has 0 radical (unpaired) electrons. The Bertz CT molecular complexity index is 108. The molecular formula is C9H19NS. The van der Waals surface area contributed by atoms with Crippen LogP contribution in [0.3, 0.4) is 0 Å². The molecule has 0 aromatic heterocycles. The van der Waals surface area contributed by atoms with E-state index in [-0.39, 0.29) is 0 Å². The predicted octanol–water partition coefficient (Wildman–Crippen LogP) is 2.22. The van der Waals surface area contributed by atoms with E-state index in [2.05, 4.69) is 37.4 Å². The molecule has 0 saturated carbocycles. The molecule has 0 aromatic carbocycles. The fourth-order valence-electron chi connectivity index (χ4n) is 1.83. The normalized spacial score (nSPS) is 25.4. The molecule has 66 valence electrons. The molecule has 0 spiro atoms. The van der Waals surface area contributed by atoms with Crippen molar-refractivity contribution in [3.05, 3.63) is 0 Å². The summed E-state index contributed by atoms with van der Waals surface area (Å²) >= 11 is 2.10. The molecule has 0 bridgehead atoms. The summed E-state index contributed by atoms with van der Waals surface area (Å²) in [5, 5.41) is 0. The average molecular weight is 173 g/mol. The summed E-state index contributed by atoms with van der Waals surface area (Å²) in [6, 6.07) is 1.59. The number of nitrogens with zero attached hydrogens (tertiary/aromatic N) is 1. The third-order valence-electron chi connectivity index (χ3n) is 2.40. The minimum absolute atomic E-state index is 0.726. The van der Waals surface area contributed by atoms with Crippen molar-refractivity contribution in [1.29, 1.82) is 0 Å². The summed E-state index contributed by atoms with van der Waals surface area (Å²) in [5.74, 6) is 2.72. The summed E-state index contributed by atoms with van der Waals surface area (Å²) < 4.78 is 0. The molecular weight excluding hydrogens is 154 g/mol. The molecule has 11 heavy (non-hydrogen) atoms. The van der Waals surface area contributed by atoms with Crippen LogP contribution < -0.4 is 0 Å². The summed E-state index contributed by atoms with van der Waals surface area (Å²) in [5.41, 5.74) is 0. The van der Waals surface area contributed by atoms with Gasteiger partial charge in [-0.05, 0) is 32.6 Å². The number of hydrogen-bond acceptors (Lipinski definition) is 2. The van der Waals surface area contributed by atoms with Gasteiger partial charge in [0, 0.05) is 17.8 Å². The van der Waals surface area contributed by atoms with E-state index in [0.29, 0.717) is 0 Å². The van der Waals surface area contributed by atoms with Crippen LogP contribution in [0.4, 0.5) is 0 Å². The van der Waals surface area contributed by atoms with Crippen LogP contribution in [0.1, 0.15) is 27.2 Å². The molecule has 0 aromatic rings. The van der Waals surface area contributed by atoms with E-state index in [0.717, 1.165) is 12.1 Å². The molecule has 0 aliphatic carbocycles. The molecule has 1 unspecified atom stereocenters. The van der Waals surface area contributed by atoms with Crippen molar-refractivity contribution >= 4 is 11.8 Å². The first kappa shape index (κ1) is 9.40. The highest BCUT2D eigenvalue weighted by Gasteiger charge is 2.23. The zero-order valence-electron chi connectivity index (χ0n) is 7.84. The molecule has 1 fully saturated rings. The van der Waals surface area contributed by atoms with E-state index in [1.165, 1.54) is 24.5 Å². The maximum absolute atomic E-state index is 2.61. The number of hydrogen-bond donors (Lipinski definition) is 0. The van der Waals surface area contributed by atoms with Crippen LogP contribution in [0.2, 0.25) is 0 Å². The van der Waals surface area contributed by atoms with E-state index in [9.17, 15) is 0 Å². The van der Waals surface area contributed by atoms with Gasteiger partial charge >= 0.3 is 0 Å². The fourth-order valence-corrected chi connectivity index (χ4v) is 3.06. The van der Waals surface area contributed by atoms with E-state index in [4.69, 9.17) is 0 Å². The summed E-state index contributed by atoms with van der Waals surface area (Å²) in [6.07, 6.45) is 1.40. The largest absolute Gasteiger partial charge is 0.297 e. The van der Waals surface area contributed by atoms with Crippen LogP contribution in [0.25, 0.3) is 0 Å². The van der Waals surface area contributed by atoms with Crippen molar-refractivity contribution in [2.24, 2.45) is 0 Å². The summed E-state index contributed by atoms with van der Waals surface area (Å²) in [4.78, 5) is 2.61. The zero-order chi connectivity index (χ0) is 8.27. The van der Waals surface area contributed by atoms with Gasteiger partial charge in [-0.3, -0.25) is 4.90 Å². The van der Waals surface area contributed by atoms with Crippen LogP contribution >= 0.6 is 11.8 Å².